The first kappa shape index (κ1) is 14.6. The Morgan fingerprint density at radius 2 is 1.59 bits per heavy atom. The molecule has 1 aromatic carbocycles. The van der Waals surface area contributed by atoms with Crippen molar-refractivity contribution < 1.29 is 5.11 Å². The third-order valence-corrected chi connectivity index (χ3v) is 6.51. The zero-order valence-corrected chi connectivity index (χ0v) is 13.7. The summed E-state index contributed by atoms with van der Waals surface area (Å²) in [7, 11) is 0. The minimum absolute atomic E-state index is 0.364. The fourth-order valence-corrected chi connectivity index (χ4v) is 5.65. The standard InChI is InChI=1S/C20H29NO/c1-13(2-3-14-4-6-19(22)7-5-14)21-20-17-9-15-8-16(11-17)12-18(20)10-15/h4-7,13,15-18,20-22H,2-3,8-12H2,1H3/t13-,15?,16?,17?,18?,20?/m0/s1. The summed E-state index contributed by atoms with van der Waals surface area (Å²) in [6.07, 6.45) is 9.81. The van der Waals surface area contributed by atoms with E-state index < -0.39 is 0 Å². The van der Waals surface area contributed by atoms with Gasteiger partial charge >= 0.3 is 0 Å². The molecule has 0 heterocycles. The zero-order valence-electron chi connectivity index (χ0n) is 13.7. The smallest absolute Gasteiger partial charge is 0.115 e. The molecule has 4 saturated carbocycles. The van der Waals surface area contributed by atoms with Gasteiger partial charge in [-0.1, -0.05) is 12.1 Å². The van der Waals surface area contributed by atoms with E-state index in [4.69, 9.17) is 0 Å². The number of aromatic hydroxyl groups is 1. The maximum absolute atomic E-state index is 9.35. The Kier molecular flexibility index (Phi) is 3.89. The molecular weight excluding hydrogens is 270 g/mol. The quantitative estimate of drug-likeness (QED) is 0.857. The van der Waals surface area contributed by atoms with Crippen LogP contribution in [0.15, 0.2) is 24.3 Å². The first-order chi connectivity index (χ1) is 10.7. The summed E-state index contributed by atoms with van der Waals surface area (Å²) in [6.45, 7) is 2.35. The highest BCUT2D eigenvalue weighted by Gasteiger charge is 2.48. The van der Waals surface area contributed by atoms with Crippen LogP contribution in [0.3, 0.4) is 0 Å². The van der Waals surface area contributed by atoms with Crippen LogP contribution < -0.4 is 5.32 Å². The Morgan fingerprint density at radius 3 is 2.18 bits per heavy atom. The first-order valence-electron chi connectivity index (χ1n) is 9.21. The second-order valence-electron chi connectivity index (χ2n) is 8.23. The van der Waals surface area contributed by atoms with Gasteiger partial charge in [-0.05, 0) is 93.2 Å². The van der Waals surface area contributed by atoms with Crippen LogP contribution in [0.5, 0.6) is 5.75 Å². The highest BCUT2D eigenvalue weighted by molar-refractivity contribution is 5.25. The van der Waals surface area contributed by atoms with Crippen molar-refractivity contribution in [2.75, 3.05) is 0 Å². The van der Waals surface area contributed by atoms with Gasteiger partial charge in [0.05, 0.1) is 0 Å². The Bertz CT molecular complexity index is 481. The minimum Gasteiger partial charge on any atom is -0.508 e. The summed E-state index contributed by atoms with van der Waals surface area (Å²) in [4.78, 5) is 0. The molecule has 4 fully saturated rings. The minimum atomic E-state index is 0.364. The summed E-state index contributed by atoms with van der Waals surface area (Å²) in [6, 6.07) is 9.07. The van der Waals surface area contributed by atoms with Crippen LogP contribution in [-0.4, -0.2) is 17.2 Å². The van der Waals surface area contributed by atoms with E-state index in [1.54, 1.807) is 12.1 Å². The molecule has 4 bridgehead atoms. The van der Waals surface area contributed by atoms with Gasteiger partial charge in [0.25, 0.3) is 0 Å². The zero-order chi connectivity index (χ0) is 15.1. The lowest BCUT2D eigenvalue weighted by molar-refractivity contribution is -0.0172. The third-order valence-electron chi connectivity index (χ3n) is 6.51. The summed E-state index contributed by atoms with van der Waals surface area (Å²) in [5.41, 5.74) is 1.33. The monoisotopic (exact) mass is 299 g/mol. The fourth-order valence-electron chi connectivity index (χ4n) is 5.65. The van der Waals surface area contributed by atoms with Crippen LogP contribution in [-0.2, 0) is 6.42 Å². The molecule has 4 aliphatic rings. The molecular formula is C20H29NO. The molecule has 0 amide bonds. The van der Waals surface area contributed by atoms with E-state index in [2.05, 4.69) is 12.2 Å². The van der Waals surface area contributed by atoms with Crippen LogP contribution in [0.25, 0.3) is 0 Å². The van der Waals surface area contributed by atoms with Gasteiger partial charge in [0, 0.05) is 12.1 Å². The lowest BCUT2D eigenvalue weighted by Crippen LogP contribution is -2.56. The molecule has 120 valence electrons. The van der Waals surface area contributed by atoms with Gasteiger partial charge in [-0.15, -0.1) is 0 Å². The molecule has 2 heteroatoms. The predicted octanol–water partition coefficient (Wildman–Crippen LogP) is 4.13. The summed E-state index contributed by atoms with van der Waals surface area (Å²) in [5, 5.41) is 13.3. The van der Waals surface area contributed by atoms with Gasteiger partial charge in [-0.2, -0.15) is 0 Å². The molecule has 22 heavy (non-hydrogen) atoms. The lowest BCUT2D eigenvalue weighted by atomic mass is 9.54. The summed E-state index contributed by atoms with van der Waals surface area (Å²) >= 11 is 0. The second kappa shape index (κ2) is 5.88. The fraction of sp³-hybridized carbons (Fsp3) is 0.700. The van der Waals surface area contributed by atoms with E-state index in [1.807, 2.05) is 12.1 Å². The number of hydrogen-bond acceptors (Lipinski definition) is 2. The maximum atomic E-state index is 9.35. The van der Waals surface area contributed by atoms with Crippen molar-refractivity contribution in [1.82, 2.24) is 5.32 Å². The number of hydrogen-bond donors (Lipinski definition) is 2. The molecule has 2 nitrogen and oxygen atoms in total. The molecule has 0 unspecified atom stereocenters. The number of nitrogens with one attached hydrogen (secondary N) is 1. The van der Waals surface area contributed by atoms with Crippen molar-refractivity contribution in [3.05, 3.63) is 29.8 Å². The topological polar surface area (TPSA) is 32.3 Å². The molecule has 0 aromatic heterocycles. The van der Waals surface area contributed by atoms with Crippen LogP contribution in [0, 0.1) is 23.7 Å². The van der Waals surface area contributed by atoms with Crippen molar-refractivity contribution in [2.45, 2.75) is 64.0 Å². The average molecular weight is 299 g/mol. The molecule has 4 aliphatic carbocycles. The van der Waals surface area contributed by atoms with Gasteiger partial charge in [0.2, 0.25) is 0 Å². The molecule has 1 atom stereocenters. The predicted molar refractivity (Wildman–Crippen MR) is 89.9 cm³/mol. The summed E-state index contributed by atoms with van der Waals surface area (Å²) in [5.74, 6) is 4.42. The van der Waals surface area contributed by atoms with Crippen molar-refractivity contribution in [2.24, 2.45) is 23.7 Å². The molecule has 0 spiro atoms. The van der Waals surface area contributed by atoms with Crippen LogP contribution >= 0.6 is 0 Å². The third kappa shape index (κ3) is 2.90. The van der Waals surface area contributed by atoms with E-state index in [-0.39, 0.29) is 0 Å². The van der Waals surface area contributed by atoms with E-state index >= 15 is 0 Å². The molecule has 0 radical (unpaired) electrons. The van der Waals surface area contributed by atoms with Crippen molar-refractivity contribution in [3.63, 3.8) is 0 Å². The van der Waals surface area contributed by atoms with Crippen LogP contribution in [0.4, 0.5) is 0 Å². The van der Waals surface area contributed by atoms with Gasteiger partial charge in [0.15, 0.2) is 0 Å². The van der Waals surface area contributed by atoms with Gasteiger partial charge in [-0.25, -0.2) is 0 Å². The Hall–Kier alpha value is -1.02. The first-order valence-corrected chi connectivity index (χ1v) is 9.21. The maximum Gasteiger partial charge on any atom is 0.115 e. The van der Waals surface area contributed by atoms with Crippen molar-refractivity contribution in [3.8, 4) is 5.75 Å². The van der Waals surface area contributed by atoms with Gasteiger partial charge in [-0.3, -0.25) is 0 Å². The van der Waals surface area contributed by atoms with E-state index in [0.717, 1.165) is 36.1 Å². The highest BCUT2D eigenvalue weighted by Crippen LogP contribution is 2.53. The Labute approximate surface area is 134 Å². The van der Waals surface area contributed by atoms with E-state index in [0.29, 0.717) is 11.8 Å². The molecule has 5 rings (SSSR count). The van der Waals surface area contributed by atoms with Crippen LogP contribution in [0.1, 0.15) is 51.0 Å². The number of phenols is 1. The number of benzene rings is 1. The molecule has 1 aromatic rings. The second-order valence-corrected chi connectivity index (χ2v) is 8.23. The van der Waals surface area contributed by atoms with Crippen molar-refractivity contribution >= 4 is 0 Å². The lowest BCUT2D eigenvalue weighted by Gasteiger charge is -2.55. The number of phenolic OH excluding ortho intramolecular Hbond substituents is 1. The largest absolute Gasteiger partial charge is 0.508 e. The number of rotatable bonds is 5. The van der Waals surface area contributed by atoms with Crippen molar-refractivity contribution in [1.29, 1.82) is 0 Å². The Balaban J connectivity index is 1.30. The SMILES string of the molecule is C[C@@H](CCc1ccc(O)cc1)NC1C2CC3CC(C2)CC1C3. The molecule has 2 N–H and O–H groups in total. The Morgan fingerprint density at radius 1 is 1.00 bits per heavy atom. The van der Waals surface area contributed by atoms with E-state index in [9.17, 15) is 5.11 Å². The molecule has 0 saturated heterocycles. The highest BCUT2D eigenvalue weighted by atomic mass is 16.3. The van der Waals surface area contributed by atoms with Gasteiger partial charge < -0.3 is 10.4 Å². The average Bonchev–Trinajstić information content (AvgIpc) is 2.50. The van der Waals surface area contributed by atoms with Gasteiger partial charge in [0.1, 0.15) is 5.75 Å². The molecule has 0 aliphatic heterocycles. The van der Waals surface area contributed by atoms with Crippen LogP contribution in [0.2, 0.25) is 0 Å². The number of aryl methyl sites for hydroxylation is 1. The summed E-state index contributed by atoms with van der Waals surface area (Å²) < 4.78 is 0. The normalized spacial score (nSPS) is 37.4. The van der Waals surface area contributed by atoms with E-state index in [1.165, 1.54) is 44.1 Å².